The zero-order valence-corrected chi connectivity index (χ0v) is 14.9. The summed E-state index contributed by atoms with van der Waals surface area (Å²) in [4.78, 5) is 23.0. The van der Waals surface area contributed by atoms with Crippen molar-refractivity contribution < 1.29 is 18.0 Å². The Kier molecular flexibility index (Phi) is 5.05. The van der Waals surface area contributed by atoms with Gasteiger partial charge < -0.3 is 5.73 Å². The average molecular weight is 380 g/mol. The minimum absolute atomic E-state index is 0.139. The van der Waals surface area contributed by atoms with E-state index in [4.69, 9.17) is 5.73 Å². The maximum atomic E-state index is 12.3. The number of amides is 2. The molecule has 0 aromatic heterocycles. The molecule has 0 spiro atoms. The Balaban J connectivity index is 1.78. The van der Waals surface area contributed by atoms with Crippen LogP contribution in [0, 0.1) is 0 Å². The van der Waals surface area contributed by atoms with Crippen molar-refractivity contribution in [1.82, 2.24) is 4.72 Å². The number of carbonyl (C=O) groups is 2. The number of nitrogens with two attached hydrogens (primary N) is 1. The van der Waals surface area contributed by atoms with Gasteiger partial charge in [-0.05, 0) is 46.7 Å². The van der Waals surface area contributed by atoms with E-state index >= 15 is 0 Å². The summed E-state index contributed by atoms with van der Waals surface area (Å²) in [5.41, 5.74) is 6.10. The van der Waals surface area contributed by atoms with E-state index in [2.05, 4.69) is 0 Å². The zero-order valence-electron chi connectivity index (χ0n) is 14.1. The molecule has 3 aromatic rings. The van der Waals surface area contributed by atoms with E-state index in [0.29, 0.717) is 0 Å². The molecule has 0 aliphatic rings. The van der Waals surface area contributed by atoms with Crippen LogP contribution in [0.2, 0.25) is 0 Å². The molecule has 0 heterocycles. The standard InChI is InChI=1S/C20H16N2O4S/c21-20(24)16-8-11-17(12-9-16)27(25,26)22-19(23)13-10-15-6-3-5-14-4-1-2-7-18(14)15/h1-13H,(H2,21,24)(H,22,23)/b13-10+. The molecule has 0 saturated heterocycles. The second kappa shape index (κ2) is 7.43. The summed E-state index contributed by atoms with van der Waals surface area (Å²) in [5.74, 6) is -1.44. The first kappa shape index (κ1) is 18.3. The van der Waals surface area contributed by atoms with Gasteiger partial charge in [0.2, 0.25) is 5.91 Å². The second-order valence-corrected chi connectivity index (χ2v) is 7.44. The first-order chi connectivity index (χ1) is 12.9. The molecular weight excluding hydrogens is 364 g/mol. The molecule has 0 aliphatic carbocycles. The lowest BCUT2D eigenvalue weighted by Crippen LogP contribution is -2.29. The molecule has 136 valence electrons. The number of fused-ring (bicyclic) bond motifs is 1. The van der Waals surface area contributed by atoms with Crippen molar-refractivity contribution >= 4 is 38.7 Å². The third kappa shape index (κ3) is 4.21. The first-order valence-corrected chi connectivity index (χ1v) is 9.48. The van der Waals surface area contributed by atoms with Crippen LogP contribution in [0.25, 0.3) is 16.8 Å². The molecule has 3 rings (SSSR count). The summed E-state index contributed by atoms with van der Waals surface area (Å²) in [6.07, 6.45) is 2.72. The molecule has 7 heteroatoms. The van der Waals surface area contributed by atoms with Gasteiger partial charge in [0.15, 0.2) is 0 Å². The lowest BCUT2D eigenvalue weighted by atomic mass is 10.0. The third-order valence-electron chi connectivity index (χ3n) is 3.92. The van der Waals surface area contributed by atoms with E-state index in [0.717, 1.165) is 22.4 Å². The van der Waals surface area contributed by atoms with Gasteiger partial charge in [0.25, 0.3) is 15.9 Å². The van der Waals surface area contributed by atoms with E-state index in [1.165, 1.54) is 24.3 Å². The van der Waals surface area contributed by atoms with Crippen molar-refractivity contribution in [3.8, 4) is 0 Å². The molecule has 6 nitrogen and oxygen atoms in total. The summed E-state index contributed by atoms with van der Waals surface area (Å²) < 4.78 is 26.5. The fourth-order valence-electron chi connectivity index (χ4n) is 2.58. The van der Waals surface area contributed by atoms with Crippen molar-refractivity contribution in [1.29, 1.82) is 0 Å². The maximum Gasteiger partial charge on any atom is 0.264 e. The van der Waals surface area contributed by atoms with Gasteiger partial charge in [-0.15, -0.1) is 0 Å². The monoisotopic (exact) mass is 380 g/mol. The molecule has 0 bridgehead atoms. The molecule has 3 aromatic carbocycles. The number of primary amides is 1. The normalized spacial score (nSPS) is 11.6. The summed E-state index contributed by atoms with van der Waals surface area (Å²) in [6, 6.07) is 18.3. The highest BCUT2D eigenvalue weighted by molar-refractivity contribution is 7.90. The molecule has 27 heavy (non-hydrogen) atoms. The van der Waals surface area contributed by atoms with E-state index in [-0.39, 0.29) is 10.5 Å². The van der Waals surface area contributed by atoms with Crippen LogP contribution in [-0.2, 0) is 14.8 Å². The number of carbonyl (C=O) groups excluding carboxylic acids is 2. The number of nitrogens with one attached hydrogen (secondary N) is 1. The van der Waals surface area contributed by atoms with E-state index in [9.17, 15) is 18.0 Å². The number of benzene rings is 3. The van der Waals surface area contributed by atoms with Crippen LogP contribution in [0.15, 0.2) is 77.7 Å². The fraction of sp³-hybridized carbons (Fsp3) is 0. The summed E-state index contributed by atoms with van der Waals surface area (Å²) >= 11 is 0. The van der Waals surface area contributed by atoms with Crippen LogP contribution in [0.5, 0.6) is 0 Å². The van der Waals surface area contributed by atoms with Crippen LogP contribution in [-0.4, -0.2) is 20.2 Å². The van der Waals surface area contributed by atoms with Crippen LogP contribution >= 0.6 is 0 Å². The Hall–Kier alpha value is -3.45. The smallest absolute Gasteiger partial charge is 0.264 e. The van der Waals surface area contributed by atoms with Gasteiger partial charge in [-0.3, -0.25) is 9.59 Å². The fourth-order valence-corrected chi connectivity index (χ4v) is 3.53. The van der Waals surface area contributed by atoms with Crippen LogP contribution in [0.4, 0.5) is 0 Å². The summed E-state index contributed by atoms with van der Waals surface area (Å²) in [7, 11) is -4.05. The van der Waals surface area contributed by atoms with Crippen LogP contribution < -0.4 is 10.5 Å². The van der Waals surface area contributed by atoms with Gasteiger partial charge in [0.1, 0.15) is 0 Å². The highest BCUT2D eigenvalue weighted by Crippen LogP contribution is 2.19. The van der Waals surface area contributed by atoms with Crippen molar-refractivity contribution in [2.45, 2.75) is 4.90 Å². The quantitative estimate of drug-likeness (QED) is 0.663. The predicted octanol–water partition coefficient (Wildman–Crippen LogP) is 2.46. The summed E-state index contributed by atoms with van der Waals surface area (Å²) in [6.45, 7) is 0. The molecule has 0 fully saturated rings. The molecule has 0 aliphatic heterocycles. The number of hydrogen-bond donors (Lipinski definition) is 2. The Bertz CT molecular complexity index is 1140. The highest BCUT2D eigenvalue weighted by atomic mass is 32.2. The van der Waals surface area contributed by atoms with E-state index in [1.54, 1.807) is 6.08 Å². The topological polar surface area (TPSA) is 106 Å². The number of rotatable bonds is 5. The maximum absolute atomic E-state index is 12.3. The predicted molar refractivity (Wildman–Crippen MR) is 103 cm³/mol. The molecule has 2 amide bonds. The van der Waals surface area contributed by atoms with Crippen LogP contribution in [0.3, 0.4) is 0 Å². The minimum Gasteiger partial charge on any atom is -0.366 e. The molecule has 0 unspecified atom stereocenters. The molecule has 0 saturated carbocycles. The van der Waals surface area contributed by atoms with Crippen molar-refractivity contribution in [2.24, 2.45) is 5.73 Å². The summed E-state index contributed by atoms with van der Waals surface area (Å²) in [5, 5.41) is 1.97. The number of sulfonamides is 1. The molecule has 0 atom stereocenters. The number of hydrogen-bond acceptors (Lipinski definition) is 4. The molecule has 3 N–H and O–H groups in total. The van der Waals surface area contributed by atoms with Crippen molar-refractivity contribution in [3.05, 3.63) is 83.9 Å². The van der Waals surface area contributed by atoms with Gasteiger partial charge in [0, 0.05) is 11.6 Å². The highest BCUT2D eigenvalue weighted by Gasteiger charge is 2.16. The lowest BCUT2D eigenvalue weighted by molar-refractivity contribution is -0.114. The van der Waals surface area contributed by atoms with Gasteiger partial charge >= 0.3 is 0 Å². The second-order valence-electron chi connectivity index (χ2n) is 5.76. The Labute approximate surface area is 156 Å². The van der Waals surface area contributed by atoms with Crippen molar-refractivity contribution in [3.63, 3.8) is 0 Å². The Morgan fingerprint density at radius 3 is 2.26 bits per heavy atom. The van der Waals surface area contributed by atoms with E-state index in [1.807, 2.05) is 47.2 Å². The molecular formula is C20H16N2O4S. The average Bonchev–Trinajstić information content (AvgIpc) is 2.66. The van der Waals surface area contributed by atoms with Gasteiger partial charge in [-0.1, -0.05) is 42.5 Å². The van der Waals surface area contributed by atoms with Crippen LogP contribution in [0.1, 0.15) is 15.9 Å². The zero-order chi connectivity index (χ0) is 19.4. The largest absolute Gasteiger partial charge is 0.366 e. The minimum atomic E-state index is -4.05. The van der Waals surface area contributed by atoms with Gasteiger partial charge in [0.05, 0.1) is 4.90 Å². The molecule has 0 radical (unpaired) electrons. The Morgan fingerprint density at radius 2 is 1.56 bits per heavy atom. The lowest BCUT2D eigenvalue weighted by Gasteiger charge is -2.05. The SMILES string of the molecule is NC(=O)c1ccc(S(=O)(=O)NC(=O)/C=C/c2cccc3ccccc23)cc1. The third-order valence-corrected chi connectivity index (χ3v) is 5.28. The Morgan fingerprint density at radius 1 is 0.889 bits per heavy atom. The van der Waals surface area contributed by atoms with Gasteiger partial charge in [-0.25, -0.2) is 13.1 Å². The van der Waals surface area contributed by atoms with Crippen molar-refractivity contribution in [2.75, 3.05) is 0 Å². The first-order valence-electron chi connectivity index (χ1n) is 7.99. The van der Waals surface area contributed by atoms with Gasteiger partial charge in [-0.2, -0.15) is 0 Å². The van der Waals surface area contributed by atoms with E-state index < -0.39 is 21.8 Å².